The molecule has 0 spiro atoms. The monoisotopic (exact) mass is 288 g/mol. The van der Waals surface area contributed by atoms with Crippen LogP contribution in [-0.4, -0.2) is 26.6 Å². The lowest BCUT2D eigenvalue weighted by molar-refractivity contribution is 0.102. The van der Waals surface area contributed by atoms with Crippen molar-refractivity contribution in [3.8, 4) is 0 Å². The van der Waals surface area contributed by atoms with Gasteiger partial charge in [-0.15, -0.1) is 11.8 Å². The zero-order chi connectivity index (χ0) is 13.8. The van der Waals surface area contributed by atoms with E-state index < -0.39 is 0 Å². The molecule has 1 amide bonds. The summed E-state index contributed by atoms with van der Waals surface area (Å²) in [7, 11) is 0. The third-order valence-corrected chi connectivity index (χ3v) is 4.71. The van der Waals surface area contributed by atoms with Gasteiger partial charge in [0.2, 0.25) is 0 Å². The molecule has 1 aliphatic carbocycles. The van der Waals surface area contributed by atoms with Crippen molar-refractivity contribution >= 4 is 23.4 Å². The maximum absolute atomic E-state index is 11.8. The number of amides is 1. The van der Waals surface area contributed by atoms with Gasteiger partial charge in [-0.25, -0.2) is 0 Å². The Hall–Kier alpha value is -1.82. The Labute approximate surface area is 121 Å². The minimum absolute atomic E-state index is 0.255. The van der Waals surface area contributed by atoms with Gasteiger partial charge in [0.15, 0.2) is 5.69 Å². The molecule has 0 bridgehead atoms. The van der Waals surface area contributed by atoms with Gasteiger partial charge in [-0.05, 0) is 37.1 Å². The van der Waals surface area contributed by atoms with Crippen molar-refractivity contribution in [2.24, 2.45) is 0 Å². The van der Waals surface area contributed by atoms with E-state index in [9.17, 15) is 4.79 Å². The fraction of sp³-hybridized carbons (Fsp3) is 0.357. The normalized spacial score (nSPS) is 15.4. The number of anilines is 1. The molecule has 0 atom stereocenters. The quantitative estimate of drug-likeness (QED) is 0.907. The number of aromatic nitrogens is 3. The third-order valence-electron chi connectivity index (χ3n) is 3.36. The van der Waals surface area contributed by atoms with E-state index in [1.165, 1.54) is 36.8 Å². The van der Waals surface area contributed by atoms with Gasteiger partial charge in [0, 0.05) is 15.8 Å². The second-order valence-electron chi connectivity index (χ2n) is 4.86. The number of nitrogens with zero attached hydrogens (tertiary/aromatic N) is 2. The maximum atomic E-state index is 11.8. The molecule has 3 rings (SSSR count). The Morgan fingerprint density at radius 1 is 1.25 bits per heavy atom. The van der Waals surface area contributed by atoms with Crippen LogP contribution in [0.25, 0.3) is 0 Å². The average Bonchev–Trinajstić information content (AvgIpc) is 3.13. The van der Waals surface area contributed by atoms with Crippen LogP contribution in [0, 0.1) is 0 Å². The molecule has 1 saturated carbocycles. The molecule has 1 aromatic carbocycles. The summed E-state index contributed by atoms with van der Waals surface area (Å²) < 4.78 is 0. The van der Waals surface area contributed by atoms with Crippen LogP contribution >= 0.6 is 11.8 Å². The number of hydrogen-bond donors (Lipinski definition) is 2. The van der Waals surface area contributed by atoms with E-state index in [1.54, 1.807) is 0 Å². The maximum Gasteiger partial charge on any atom is 0.277 e. The number of hydrogen-bond acceptors (Lipinski definition) is 4. The molecule has 6 heteroatoms. The highest BCUT2D eigenvalue weighted by molar-refractivity contribution is 8.00. The van der Waals surface area contributed by atoms with Crippen LogP contribution in [0.3, 0.4) is 0 Å². The number of benzene rings is 1. The van der Waals surface area contributed by atoms with Crippen LogP contribution in [-0.2, 0) is 0 Å². The van der Waals surface area contributed by atoms with Gasteiger partial charge in [-0.1, -0.05) is 12.8 Å². The number of carbonyl (C=O) groups is 1. The standard InChI is InChI=1S/C14H16N4OS/c19-14(13-9-15-18-17-13)16-10-5-7-12(8-6-10)20-11-3-1-2-4-11/h5-9,11H,1-4H2,(H,16,19)(H,15,17,18). The molecular weight excluding hydrogens is 272 g/mol. The van der Waals surface area contributed by atoms with E-state index in [0.717, 1.165) is 10.9 Å². The predicted octanol–water partition coefficient (Wildman–Crippen LogP) is 3.09. The first-order valence-electron chi connectivity index (χ1n) is 6.75. The minimum Gasteiger partial charge on any atom is -0.321 e. The topological polar surface area (TPSA) is 70.7 Å². The molecular formula is C14H16N4OS. The van der Waals surface area contributed by atoms with Crippen LogP contribution in [0.2, 0.25) is 0 Å². The van der Waals surface area contributed by atoms with Crippen LogP contribution < -0.4 is 5.32 Å². The molecule has 104 valence electrons. The molecule has 0 radical (unpaired) electrons. The molecule has 20 heavy (non-hydrogen) atoms. The number of H-pyrrole nitrogens is 1. The second kappa shape index (κ2) is 6.09. The van der Waals surface area contributed by atoms with Crippen molar-refractivity contribution in [2.45, 2.75) is 35.8 Å². The fourth-order valence-corrected chi connectivity index (χ4v) is 3.57. The van der Waals surface area contributed by atoms with Gasteiger partial charge in [-0.2, -0.15) is 15.4 Å². The Morgan fingerprint density at radius 3 is 2.65 bits per heavy atom. The lowest BCUT2D eigenvalue weighted by atomic mass is 10.3. The molecule has 0 saturated heterocycles. The van der Waals surface area contributed by atoms with E-state index in [-0.39, 0.29) is 11.6 Å². The largest absolute Gasteiger partial charge is 0.321 e. The lowest BCUT2D eigenvalue weighted by Gasteiger charge is -2.09. The first kappa shape index (κ1) is 13.2. The highest BCUT2D eigenvalue weighted by Gasteiger charge is 2.16. The number of thioether (sulfide) groups is 1. The molecule has 1 heterocycles. The summed E-state index contributed by atoms with van der Waals surface area (Å²) in [6.07, 6.45) is 6.73. The molecule has 0 unspecified atom stereocenters. The van der Waals surface area contributed by atoms with Crippen molar-refractivity contribution in [2.75, 3.05) is 5.32 Å². The average molecular weight is 288 g/mol. The Balaban J connectivity index is 1.59. The van der Waals surface area contributed by atoms with Crippen LogP contribution in [0.15, 0.2) is 35.4 Å². The fourth-order valence-electron chi connectivity index (χ4n) is 2.32. The number of nitrogens with one attached hydrogen (secondary N) is 2. The molecule has 2 aromatic rings. The van der Waals surface area contributed by atoms with Crippen molar-refractivity contribution < 1.29 is 4.79 Å². The second-order valence-corrected chi connectivity index (χ2v) is 6.23. The van der Waals surface area contributed by atoms with E-state index in [1.807, 2.05) is 23.9 Å². The smallest absolute Gasteiger partial charge is 0.277 e. The zero-order valence-electron chi connectivity index (χ0n) is 11.0. The Morgan fingerprint density at radius 2 is 2.00 bits per heavy atom. The third kappa shape index (κ3) is 3.19. The highest BCUT2D eigenvalue weighted by atomic mass is 32.2. The van der Waals surface area contributed by atoms with E-state index in [4.69, 9.17) is 0 Å². The Bertz CT molecular complexity index is 561. The van der Waals surface area contributed by atoms with Crippen LogP contribution in [0.5, 0.6) is 0 Å². The molecule has 1 aliphatic rings. The predicted molar refractivity (Wildman–Crippen MR) is 78.9 cm³/mol. The van der Waals surface area contributed by atoms with Crippen LogP contribution in [0.1, 0.15) is 36.2 Å². The summed E-state index contributed by atoms with van der Waals surface area (Å²) in [4.78, 5) is 13.1. The molecule has 1 aromatic heterocycles. The van der Waals surface area contributed by atoms with Gasteiger partial charge in [0.25, 0.3) is 5.91 Å². The lowest BCUT2D eigenvalue weighted by Crippen LogP contribution is -2.12. The number of carbonyl (C=O) groups excluding carboxylic acids is 1. The van der Waals surface area contributed by atoms with Gasteiger partial charge in [0.05, 0.1) is 6.20 Å². The summed E-state index contributed by atoms with van der Waals surface area (Å²) in [5, 5.41) is 13.3. The van der Waals surface area contributed by atoms with E-state index in [0.29, 0.717) is 0 Å². The molecule has 0 aliphatic heterocycles. The highest BCUT2D eigenvalue weighted by Crippen LogP contribution is 2.34. The first-order chi connectivity index (χ1) is 9.81. The number of rotatable bonds is 4. The first-order valence-corrected chi connectivity index (χ1v) is 7.63. The molecule has 2 N–H and O–H groups in total. The van der Waals surface area contributed by atoms with Gasteiger partial charge >= 0.3 is 0 Å². The summed E-state index contributed by atoms with van der Waals surface area (Å²) in [5.41, 5.74) is 1.06. The van der Waals surface area contributed by atoms with Gasteiger partial charge < -0.3 is 5.32 Å². The van der Waals surface area contributed by atoms with E-state index in [2.05, 4.69) is 32.9 Å². The van der Waals surface area contributed by atoms with E-state index >= 15 is 0 Å². The molecule has 5 nitrogen and oxygen atoms in total. The Kier molecular flexibility index (Phi) is 4.01. The van der Waals surface area contributed by atoms with Gasteiger partial charge in [-0.3, -0.25) is 4.79 Å². The summed E-state index contributed by atoms with van der Waals surface area (Å²) >= 11 is 1.94. The van der Waals surface area contributed by atoms with Crippen molar-refractivity contribution in [3.63, 3.8) is 0 Å². The minimum atomic E-state index is -0.255. The van der Waals surface area contributed by atoms with Gasteiger partial charge in [0.1, 0.15) is 0 Å². The van der Waals surface area contributed by atoms with Crippen LogP contribution in [0.4, 0.5) is 5.69 Å². The zero-order valence-corrected chi connectivity index (χ0v) is 11.8. The SMILES string of the molecule is O=C(Nc1ccc(SC2CCCC2)cc1)c1cn[nH]n1. The molecule has 1 fully saturated rings. The summed E-state index contributed by atoms with van der Waals surface area (Å²) in [6.45, 7) is 0. The number of aromatic amines is 1. The summed E-state index contributed by atoms with van der Waals surface area (Å²) in [6, 6.07) is 7.97. The van der Waals surface area contributed by atoms with Crippen molar-refractivity contribution in [1.29, 1.82) is 0 Å². The van der Waals surface area contributed by atoms with Crippen molar-refractivity contribution in [3.05, 3.63) is 36.2 Å². The summed E-state index contributed by atoms with van der Waals surface area (Å²) in [5.74, 6) is -0.255. The van der Waals surface area contributed by atoms with Crippen molar-refractivity contribution in [1.82, 2.24) is 15.4 Å².